The van der Waals surface area contributed by atoms with Crippen LogP contribution in [0.15, 0.2) is 30.6 Å². The number of nitrogens with zero attached hydrogens (tertiary/aromatic N) is 4. The molecule has 0 radical (unpaired) electrons. The van der Waals surface area contributed by atoms with E-state index in [1.807, 2.05) is 12.1 Å². The van der Waals surface area contributed by atoms with Crippen molar-refractivity contribution in [1.82, 2.24) is 25.5 Å². The SMILES string of the molecule is O=C(NCCCSC1CCCCC1)c1ccc(-n2cnnn2)cc1. The van der Waals surface area contributed by atoms with Gasteiger partial charge in [-0.3, -0.25) is 4.79 Å². The Balaban J connectivity index is 1.37. The van der Waals surface area contributed by atoms with Crippen LogP contribution in [0.5, 0.6) is 0 Å². The number of carbonyl (C=O) groups is 1. The first-order valence-electron chi connectivity index (χ1n) is 8.56. The third-order valence-electron chi connectivity index (χ3n) is 4.26. The van der Waals surface area contributed by atoms with E-state index in [2.05, 4.69) is 32.6 Å². The molecule has 128 valence electrons. The molecule has 6 nitrogen and oxygen atoms in total. The van der Waals surface area contributed by atoms with Crippen molar-refractivity contribution in [1.29, 1.82) is 0 Å². The van der Waals surface area contributed by atoms with Crippen molar-refractivity contribution in [2.75, 3.05) is 12.3 Å². The molecule has 0 atom stereocenters. The fraction of sp³-hybridized carbons (Fsp3) is 0.529. The van der Waals surface area contributed by atoms with Gasteiger partial charge in [0, 0.05) is 17.4 Å². The lowest BCUT2D eigenvalue weighted by atomic mass is 10.0. The summed E-state index contributed by atoms with van der Waals surface area (Å²) in [5, 5.41) is 14.9. The van der Waals surface area contributed by atoms with E-state index in [0.29, 0.717) is 5.56 Å². The van der Waals surface area contributed by atoms with Crippen molar-refractivity contribution >= 4 is 17.7 Å². The second-order valence-electron chi connectivity index (χ2n) is 6.04. The summed E-state index contributed by atoms with van der Waals surface area (Å²) in [7, 11) is 0. The Morgan fingerprint density at radius 3 is 2.71 bits per heavy atom. The molecule has 1 amide bonds. The number of benzene rings is 1. The van der Waals surface area contributed by atoms with E-state index in [-0.39, 0.29) is 5.91 Å². The van der Waals surface area contributed by atoms with E-state index in [1.165, 1.54) is 38.4 Å². The summed E-state index contributed by atoms with van der Waals surface area (Å²) in [6.07, 6.45) is 9.45. The average molecular weight is 345 g/mol. The molecule has 1 saturated carbocycles. The highest BCUT2D eigenvalue weighted by atomic mass is 32.2. The van der Waals surface area contributed by atoms with Crippen LogP contribution in [0.25, 0.3) is 5.69 Å². The lowest BCUT2D eigenvalue weighted by Crippen LogP contribution is -2.25. The second kappa shape index (κ2) is 8.82. The normalized spacial score (nSPS) is 15.3. The minimum Gasteiger partial charge on any atom is -0.352 e. The van der Waals surface area contributed by atoms with Crippen molar-refractivity contribution in [2.24, 2.45) is 0 Å². The predicted molar refractivity (Wildman–Crippen MR) is 95.4 cm³/mol. The van der Waals surface area contributed by atoms with Crippen LogP contribution in [0.4, 0.5) is 0 Å². The van der Waals surface area contributed by atoms with Crippen LogP contribution in [0.1, 0.15) is 48.9 Å². The third-order valence-corrected chi connectivity index (χ3v) is 5.72. The fourth-order valence-corrected chi connectivity index (χ4v) is 4.21. The molecule has 1 fully saturated rings. The van der Waals surface area contributed by atoms with Crippen molar-refractivity contribution in [3.8, 4) is 5.69 Å². The van der Waals surface area contributed by atoms with Gasteiger partial charge in [-0.25, -0.2) is 4.68 Å². The summed E-state index contributed by atoms with van der Waals surface area (Å²) in [5.74, 6) is 1.10. The number of thioether (sulfide) groups is 1. The second-order valence-corrected chi connectivity index (χ2v) is 7.45. The number of nitrogens with one attached hydrogen (secondary N) is 1. The first kappa shape index (κ1) is 17.0. The Bertz CT molecular complexity index is 623. The summed E-state index contributed by atoms with van der Waals surface area (Å²) < 4.78 is 1.56. The zero-order valence-corrected chi connectivity index (χ0v) is 14.5. The van der Waals surface area contributed by atoms with E-state index in [0.717, 1.165) is 29.7 Å². The standard InChI is InChI=1S/C17H23N5OS/c23-17(18-11-4-12-24-16-5-2-1-3-6-16)14-7-9-15(10-8-14)22-13-19-20-21-22/h7-10,13,16H,1-6,11-12H2,(H,18,23). The van der Waals surface area contributed by atoms with E-state index in [1.54, 1.807) is 16.8 Å². The zero-order chi connectivity index (χ0) is 16.6. The molecule has 0 aliphatic heterocycles. The topological polar surface area (TPSA) is 72.7 Å². The van der Waals surface area contributed by atoms with E-state index in [9.17, 15) is 4.79 Å². The van der Waals surface area contributed by atoms with Gasteiger partial charge in [0.05, 0.1) is 5.69 Å². The lowest BCUT2D eigenvalue weighted by Gasteiger charge is -2.20. The molecule has 1 aromatic heterocycles. The smallest absolute Gasteiger partial charge is 0.251 e. The highest BCUT2D eigenvalue weighted by Crippen LogP contribution is 2.28. The summed E-state index contributed by atoms with van der Waals surface area (Å²) in [6, 6.07) is 7.26. The first-order valence-corrected chi connectivity index (χ1v) is 9.61. The van der Waals surface area contributed by atoms with Crippen LogP contribution < -0.4 is 5.32 Å². The van der Waals surface area contributed by atoms with Crippen molar-refractivity contribution < 1.29 is 4.79 Å². The molecular weight excluding hydrogens is 322 g/mol. The largest absolute Gasteiger partial charge is 0.352 e. The maximum absolute atomic E-state index is 12.1. The molecule has 1 aliphatic rings. The zero-order valence-electron chi connectivity index (χ0n) is 13.7. The van der Waals surface area contributed by atoms with Crippen LogP contribution in [-0.4, -0.2) is 43.7 Å². The maximum atomic E-state index is 12.1. The highest BCUT2D eigenvalue weighted by Gasteiger charge is 2.13. The van der Waals surface area contributed by atoms with Gasteiger partial charge in [0.25, 0.3) is 5.91 Å². The molecule has 3 rings (SSSR count). The minimum atomic E-state index is -0.0269. The number of hydrogen-bond acceptors (Lipinski definition) is 5. The molecule has 0 spiro atoms. The third kappa shape index (κ3) is 4.80. The van der Waals surface area contributed by atoms with E-state index < -0.39 is 0 Å². The van der Waals surface area contributed by atoms with Crippen LogP contribution in [-0.2, 0) is 0 Å². The number of carbonyl (C=O) groups excluding carboxylic acids is 1. The Labute approximate surface area is 146 Å². The van der Waals surface area contributed by atoms with Gasteiger partial charge in [0.1, 0.15) is 6.33 Å². The number of tetrazole rings is 1. The molecule has 0 saturated heterocycles. The van der Waals surface area contributed by atoms with Crippen LogP contribution >= 0.6 is 11.8 Å². The molecule has 1 aromatic carbocycles. The van der Waals surface area contributed by atoms with Crippen LogP contribution in [0.3, 0.4) is 0 Å². The monoisotopic (exact) mass is 345 g/mol. The van der Waals surface area contributed by atoms with Gasteiger partial charge < -0.3 is 5.32 Å². The molecule has 2 aromatic rings. The van der Waals surface area contributed by atoms with Gasteiger partial charge in [-0.15, -0.1) is 5.10 Å². The lowest BCUT2D eigenvalue weighted by molar-refractivity contribution is 0.0954. The van der Waals surface area contributed by atoms with Crippen molar-refractivity contribution in [3.05, 3.63) is 36.2 Å². The van der Waals surface area contributed by atoms with Gasteiger partial charge in [-0.2, -0.15) is 11.8 Å². The van der Waals surface area contributed by atoms with Crippen LogP contribution in [0, 0.1) is 0 Å². The minimum absolute atomic E-state index is 0.0269. The maximum Gasteiger partial charge on any atom is 0.251 e. The summed E-state index contributed by atoms with van der Waals surface area (Å²) >= 11 is 2.07. The van der Waals surface area contributed by atoms with Crippen molar-refractivity contribution in [2.45, 2.75) is 43.8 Å². The highest BCUT2D eigenvalue weighted by molar-refractivity contribution is 7.99. The Kier molecular flexibility index (Phi) is 6.23. The van der Waals surface area contributed by atoms with Gasteiger partial charge in [-0.05, 0) is 59.7 Å². The fourth-order valence-electron chi connectivity index (χ4n) is 2.90. The molecule has 0 unspecified atom stereocenters. The summed E-state index contributed by atoms with van der Waals surface area (Å²) in [4.78, 5) is 12.1. The molecule has 24 heavy (non-hydrogen) atoms. The number of amides is 1. The summed E-state index contributed by atoms with van der Waals surface area (Å²) in [6.45, 7) is 0.729. The Hall–Kier alpha value is -1.89. The molecule has 7 heteroatoms. The van der Waals surface area contributed by atoms with Crippen LogP contribution in [0.2, 0.25) is 0 Å². The van der Waals surface area contributed by atoms with Gasteiger partial charge >= 0.3 is 0 Å². The van der Waals surface area contributed by atoms with Gasteiger partial charge in [0.2, 0.25) is 0 Å². The molecule has 1 N–H and O–H groups in total. The van der Waals surface area contributed by atoms with Gasteiger partial charge in [-0.1, -0.05) is 19.3 Å². The molecule has 0 bridgehead atoms. The predicted octanol–water partition coefficient (Wildman–Crippen LogP) is 2.85. The van der Waals surface area contributed by atoms with Crippen molar-refractivity contribution in [3.63, 3.8) is 0 Å². The molecule has 1 heterocycles. The number of hydrogen-bond donors (Lipinski definition) is 1. The average Bonchev–Trinajstić information content (AvgIpc) is 3.17. The Morgan fingerprint density at radius 2 is 2.00 bits per heavy atom. The molecular formula is C17H23N5OS. The van der Waals surface area contributed by atoms with E-state index >= 15 is 0 Å². The molecule has 1 aliphatic carbocycles. The Morgan fingerprint density at radius 1 is 1.21 bits per heavy atom. The number of aromatic nitrogens is 4. The number of rotatable bonds is 7. The quantitative estimate of drug-likeness (QED) is 0.781. The summed E-state index contributed by atoms with van der Waals surface area (Å²) in [5.41, 5.74) is 1.49. The first-order chi connectivity index (χ1) is 11.8. The van der Waals surface area contributed by atoms with E-state index in [4.69, 9.17) is 0 Å². The van der Waals surface area contributed by atoms with Gasteiger partial charge in [0.15, 0.2) is 0 Å².